The van der Waals surface area contributed by atoms with Crippen molar-refractivity contribution in [2.24, 2.45) is 0 Å². The summed E-state index contributed by atoms with van der Waals surface area (Å²) in [6.07, 6.45) is 1.74. The Kier molecular flexibility index (Phi) is 11.7. The van der Waals surface area contributed by atoms with Gasteiger partial charge in [0.1, 0.15) is 18.4 Å². The molecule has 0 aliphatic rings. The number of benzene rings is 4. The van der Waals surface area contributed by atoms with Gasteiger partial charge in [-0.25, -0.2) is 12.8 Å². The summed E-state index contributed by atoms with van der Waals surface area (Å²) in [5.41, 5.74) is 2.06. The number of carbonyl (C=O) groups excluding carboxylic acids is 2. The third-order valence-corrected chi connectivity index (χ3v) is 9.41. The summed E-state index contributed by atoms with van der Waals surface area (Å²) in [6.45, 7) is 3.36. The molecule has 0 aliphatic heterocycles. The summed E-state index contributed by atoms with van der Waals surface area (Å²) in [6, 6.07) is 26.7. The van der Waals surface area contributed by atoms with Gasteiger partial charge < -0.3 is 10.2 Å². The molecule has 10 heteroatoms. The number of rotatable bonds is 14. The van der Waals surface area contributed by atoms with E-state index in [4.69, 9.17) is 11.6 Å². The van der Waals surface area contributed by atoms with Crippen LogP contribution >= 0.6 is 11.6 Å². The van der Waals surface area contributed by atoms with Crippen LogP contribution in [0.1, 0.15) is 36.5 Å². The highest BCUT2D eigenvalue weighted by molar-refractivity contribution is 7.92. The molecule has 4 aromatic rings. The number of nitrogens with zero attached hydrogens (tertiary/aromatic N) is 2. The molecule has 0 spiro atoms. The van der Waals surface area contributed by atoms with Gasteiger partial charge in [0.2, 0.25) is 11.8 Å². The Morgan fingerprint density at radius 1 is 0.911 bits per heavy atom. The first-order valence-electron chi connectivity index (χ1n) is 14.8. The Bertz CT molecular complexity index is 1700. The maximum atomic E-state index is 15.0. The molecule has 45 heavy (non-hydrogen) atoms. The van der Waals surface area contributed by atoms with Gasteiger partial charge >= 0.3 is 0 Å². The summed E-state index contributed by atoms with van der Waals surface area (Å²) in [5.74, 6) is -1.60. The molecule has 0 bridgehead atoms. The minimum atomic E-state index is -4.27. The normalized spacial score (nSPS) is 11.9. The molecule has 4 aromatic carbocycles. The van der Waals surface area contributed by atoms with Gasteiger partial charge in [-0.05, 0) is 66.9 Å². The molecule has 0 aromatic heterocycles. The highest BCUT2D eigenvalue weighted by Gasteiger charge is 2.35. The molecule has 0 radical (unpaired) electrons. The zero-order valence-electron chi connectivity index (χ0n) is 25.3. The molecule has 236 valence electrons. The quantitative estimate of drug-likeness (QED) is 0.157. The molecule has 0 saturated heterocycles. The number of nitrogens with one attached hydrogen (secondary N) is 1. The van der Waals surface area contributed by atoms with Crippen molar-refractivity contribution < 1.29 is 22.4 Å². The van der Waals surface area contributed by atoms with Gasteiger partial charge in [0.25, 0.3) is 10.0 Å². The third kappa shape index (κ3) is 8.93. The number of hydrogen-bond acceptors (Lipinski definition) is 4. The number of sulfonamides is 1. The predicted octanol–water partition coefficient (Wildman–Crippen LogP) is 6.54. The predicted molar refractivity (Wildman–Crippen MR) is 176 cm³/mol. The van der Waals surface area contributed by atoms with Gasteiger partial charge in [-0.1, -0.05) is 85.6 Å². The summed E-state index contributed by atoms with van der Waals surface area (Å²) >= 11 is 6.03. The van der Waals surface area contributed by atoms with E-state index in [0.717, 1.165) is 28.3 Å². The zero-order chi connectivity index (χ0) is 32.4. The zero-order valence-corrected chi connectivity index (χ0v) is 26.9. The van der Waals surface area contributed by atoms with Crippen LogP contribution in [0, 0.1) is 12.7 Å². The SMILES string of the molecule is CCCCNC(=O)[C@H](Cc1ccccc1)N(Cc1ccccc1F)C(=O)CN(c1cccc(C)c1)S(=O)(=O)c1ccc(Cl)cc1. The second-order valence-corrected chi connectivity index (χ2v) is 13.1. The molecule has 1 N–H and O–H groups in total. The second kappa shape index (κ2) is 15.7. The van der Waals surface area contributed by atoms with Gasteiger partial charge in [-0.15, -0.1) is 0 Å². The molecule has 0 fully saturated rings. The van der Waals surface area contributed by atoms with Crippen molar-refractivity contribution in [3.8, 4) is 0 Å². The van der Waals surface area contributed by atoms with E-state index in [1.807, 2.05) is 50.2 Å². The van der Waals surface area contributed by atoms with Crippen LogP contribution in [0.3, 0.4) is 0 Å². The lowest BCUT2D eigenvalue weighted by Crippen LogP contribution is -2.53. The van der Waals surface area contributed by atoms with Crippen LogP contribution in [-0.2, 0) is 32.6 Å². The molecule has 0 aliphatic carbocycles. The summed E-state index contributed by atoms with van der Waals surface area (Å²) in [5, 5.41) is 3.28. The largest absolute Gasteiger partial charge is 0.354 e. The van der Waals surface area contributed by atoms with E-state index >= 15 is 4.39 Å². The van der Waals surface area contributed by atoms with E-state index in [2.05, 4.69) is 5.32 Å². The fourth-order valence-corrected chi connectivity index (χ4v) is 6.45. The number of unbranched alkanes of at least 4 members (excludes halogenated alkanes) is 1. The fraction of sp³-hybridized carbons (Fsp3) is 0.257. The number of carbonyl (C=O) groups is 2. The molecule has 0 unspecified atom stereocenters. The lowest BCUT2D eigenvalue weighted by Gasteiger charge is -2.34. The van der Waals surface area contributed by atoms with E-state index in [0.29, 0.717) is 11.6 Å². The van der Waals surface area contributed by atoms with Gasteiger partial charge in [-0.2, -0.15) is 0 Å². The smallest absolute Gasteiger partial charge is 0.264 e. The minimum Gasteiger partial charge on any atom is -0.354 e. The van der Waals surface area contributed by atoms with Crippen LogP contribution in [0.5, 0.6) is 0 Å². The van der Waals surface area contributed by atoms with Gasteiger partial charge in [0.15, 0.2) is 0 Å². The fourth-order valence-electron chi connectivity index (χ4n) is 4.92. The topological polar surface area (TPSA) is 86.8 Å². The average molecular weight is 650 g/mol. The van der Waals surface area contributed by atoms with Crippen LogP contribution in [0.2, 0.25) is 5.02 Å². The van der Waals surface area contributed by atoms with Crippen molar-refractivity contribution in [2.45, 2.75) is 50.6 Å². The van der Waals surface area contributed by atoms with E-state index in [9.17, 15) is 18.0 Å². The number of anilines is 1. The van der Waals surface area contributed by atoms with Crippen LogP contribution < -0.4 is 9.62 Å². The van der Waals surface area contributed by atoms with Crippen LogP contribution in [-0.4, -0.2) is 44.3 Å². The Morgan fingerprint density at radius 2 is 1.60 bits per heavy atom. The molecule has 7 nitrogen and oxygen atoms in total. The number of halogens is 2. The number of amides is 2. The Balaban J connectivity index is 1.80. The van der Waals surface area contributed by atoms with E-state index in [1.54, 1.807) is 36.4 Å². The van der Waals surface area contributed by atoms with Crippen molar-refractivity contribution >= 4 is 39.1 Å². The van der Waals surface area contributed by atoms with E-state index in [1.165, 1.54) is 35.2 Å². The lowest BCUT2D eigenvalue weighted by molar-refractivity contribution is -0.140. The first-order valence-corrected chi connectivity index (χ1v) is 16.6. The lowest BCUT2D eigenvalue weighted by atomic mass is 10.0. The highest BCUT2D eigenvalue weighted by atomic mass is 35.5. The Labute approximate surface area is 269 Å². The number of aryl methyl sites for hydroxylation is 1. The summed E-state index contributed by atoms with van der Waals surface area (Å²) < 4.78 is 44.2. The van der Waals surface area contributed by atoms with Gasteiger partial charge in [0.05, 0.1) is 10.6 Å². The molecule has 4 rings (SSSR count). The van der Waals surface area contributed by atoms with Gasteiger partial charge in [0, 0.05) is 30.1 Å². The van der Waals surface area contributed by atoms with Crippen molar-refractivity contribution in [1.82, 2.24) is 10.2 Å². The number of hydrogen-bond donors (Lipinski definition) is 1. The Hall–Kier alpha value is -4.21. The van der Waals surface area contributed by atoms with Crippen LogP contribution in [0.25, 0.3) is 0 Å². The van der Waals surface area contributed by atoms with Crippen molar-refractivity contribution in [3.05, 3.63) is 131 Å². The Morgan fingerprint density at radius 3 is 2.27 bits per heavy atom. The monoisotopic (exact) mass is 649 g/mol. The highest BCUT2D eigenvalue weighted by Crippen LogP contribution is 2.27. The first-order chi connectivity index (χ1) is 21.6. The minimum absolute atomic E-state index is 0.0556. The standard InChI is InChI=1S/C35H37ClFN3O4S/c1-3-4-21-38-35(42)33(23-27-12-6-5-7-13-27)39(24-28-14-8-9-16-32(28)37)34(41)25-40(30-15-10-11-26(2)22-30)45(43,44)31-19-17-29(36)18-20-31/h5-20,22,33H,3-4,21,23-25H2,1-2H3,(H,38,42)/t33-/m0/s1. The maximum Gasteiger partial charge on any atom is 0.264 e. The second-order valence-electron chi connectivity index (χ2n) is 10.8. The molecular formula is C35H37ClFN3O4S. The summed E-state index contributed by atoms with van der Waals surface area (Å²) in [4.78, 5) is 29.4. The maximum absolute atomic E-state index is 15.0. The van der Waals surface area contributed by atoms with Crippen LogP contribution in [0.15, 0.2) is 108 Å². The molecule has 1 atom stereocenters. The van der Waals surface area contributed by atoms with E-state index < -0.39 is 40.2 Å². The molecule has 0 saturated carbocycles. The first kappa shape index (κ1) is 33.7. The van der Waals surface area contributed by atoms with Crippen molar-refractivity contribution in [2.75, 3.05) is 17.4 Å². The van der Waals surface area contributed by atoms with Gasteiger partial charge in [-0.3, -0.25) is 13.9 Å². The van der Waals surface area contributed by atoms with Crippen molar-refractivity contribution in [1.29, 1.82) is 0 Å². The molecule has 2 amide bonds. The van der Waals surface area contributed by atoms with E-state index in [-0.39, 0.29) is 29.1 Å². The third-order valence-electron chi connectivity index (χ3n) is 7.37. The van der Waals surface area contributed by atoms with Crippen molar-refractivity contribution in [3.63, 3.8) is 0 Å². The molecular weight excluding hydrogens is 613 g/mol. The average Bonchev–Trinajstić information content (AvgIpc) is 3.03. The van der Waals surface area contributed by atoms with Crippen LogP contribution in [0.4, 0.5) is 10.1 Å². The summed E-state index contributed by atoms with van der Waals surface area (Å²) in [7, 11) is -4.27. The molecule has 0 heterocycles.